The van der Waals surface area contributed by atoms with Gasteiger partial charge in [-0.2, -0.15) is 0 Å². The summed E-state index contributed by atoms with van der Waals surface area (Å²) in [4.78, 5) is 12.5. The molecular formula is C17H17NO4S. The monoisotopic (exact) mass is 331 g/mol. The molecular weight excluding hydrogens is 314 g/mol. The Labute approximate surface area is 135 Å². The van der Waals surface area contributed by atoms with Gasteiger partial charge >= 0.3 is 0 Å². The van der Waals surface area contributed by atoms with Crippen molar-refractivity contribution in [3.63, 3.8) is 0 Å². The number of sulfonamides is 1. The average Bonchev–Trinajstić information content (AvgIpc) is 2.54. The maximum atomic E-state index is 12.4. The van der Waals surface area contributed by atoms with Crippen molar-refractivity contribution in [1.29, 1.82) is 0 Å². The summed E-state index contributed by atoms with van der Waals surface area (Å²) in [5.74, 6) is -0.315. The number of amides is 1. The van der Waals surface area contributed by atoms with Crippen LogP contribution in [0.2, 0.25) is 0 Å². The van der Waals surface area contributed by atoms with Crippen LogP contribution in [0.15, 0.2) is 53.4 Å². The van der Waals surface area contributed by atoms with Crippen LogP contribution >= 0.6 is 0 Å². The van der Waals surface area contributed by atoms with Gasteiger partial charge in [-0.3, -0.25) is 4.79 Å². The van der Waals surface area contributed by atoms with Gasteiger partial charge in [-0.25, -0.2) is 13.1 Å². The highest BCUT2D eigenvalue weighted by atomic mass is 32.2. The van der Waals surface area contributed by atoms with E-state index in [1.54, 1.807) is 25.1 Å². The largest absolute Gasteiger partial charge is 0.492 e. The number of para-hydroxylation sites is 1. The fourth-order valence-electron chi connectivity index (χ4n) is 2.63. The van der Waals surface area contributed by atoms with E-state index in [9.17, 15) is 13.2 Å². The molecule has 23 heavy (non-hydrogen) atoms. The summed E-state index contributed by atoms with van der Waals surface area (Å²) in [6, 6.07) is 14.0. The zero-order valence-electron chi connectivity index (χ0n) is 12.7. The molecule has 1 atom stereocenters. The second kappa shape index (κ2) is 6.04. The predicted octanol–water partition coefficient (Wildman–Crippen LogP) is 2.05. The summed E-state index contributed by atoms with van der Waals surface area (Å²) in [5.41, 5.74) is 1.50. The first-order valence-corrected chi connectivity index (χ1v) is 8.79. The molecule has 0 bridgehead atoms. The van der Waals surface area contributed by atoms with Gasteiger partial charge < -0.3 is 4.74 Å². The number of ether oxygens (including phenoxy) is 1. The van der Waals surface area contributed by atoms with Crippen LogP contribution in [0.5, 0.6) is 5.75 Å². The molecule has 1 aliphatic heterocycles. The highest BCUT2D eigenvalue weighted by Gasteiger charge is 2.29. The van der Waals surface area contributed by atoms with E-state index in [1.807, 2.05) is 24.3 Å². The number of rotatable bonds is 3. The number of carbonyl (C=O) groups is 1. The third-order valence-electron chi connectivity index (χ3n) is 3.87. The van der Waals surface area contributed by atoms with Crippen molar-refractivity contribution in [2.24, 2.45) is 5.92 Å². The van der Waals surface area contributed by atoms with Crippen LogP contribution in [-0.4, -0.2) is 20.9 Å². The van der Waals surface area contributed by atoms with Gasteiger partial charge in [0.1, 0.15) is 12.4 Å². The van der Waals surface area contributed by atoms with Gasteiger partial charge in [0.05, 0.1) is 10.8 Å². The maximum absolute atomic E-state index is 12.4. The number of nitrogens with one attached hydrogen (secondary N) is 1. The van der Waals surface area contributed by atoms with Crippen LogP contribution < -0.4 is 9.46 Å². The molecule has 6 heteroatoms. The molecule has 0 saturated heterocycles. The van der Waals surface area contributed by atoms with Gasteiger partial charge in [0.25, 0.3) is 10.0 Å². The topological polar surface area (TPSA) is 72.5 Å². The number of fused-ring (bicyclic) bond motifs is 1. The SMILES string of the molecule is Cc1ccccc1S(=O)(=O)NC(=O)C1COc2ccccc2C1. The number of benzene rings is 2. The van der Waals surface area contributed by atoms with Gasteiger partial charge in [0.15, 0.2) is 0 Å². The average molecular weight is 331 g/mol. The Bertz CT molecular complexity index is 845. The Morgan fingerprint density at radius 1 is 1.13 bits per heavy atom. The van der Waals surface area contributed by atoms with Gasteiger partial charge in [0, 0.05) is 0 Å². The summed E-state index contributed by atoms with van der Waals surface area (Å²) >= 11 is 0. The summed E-state index contributed by atoms with van der Waals surface area (Å²) in [6.07, 6.45) is 0.464. The minimum atomic E-state index is -3.87. The van der Waals surface area contributed by atoms with Crippen LogP contribution in [0, 0.1) is 12.8 Å². The smallest absolute Gasteiger partial charge is 0.264 e. The Hall–Kier alpha value is -2.34. The molecule has 0 radical (unpaired) electrons. The van der Waals surface area contributed by atoms with Crippen LogP contribution in [0.3, 0.4) is 0 Å². The van der Waals surface area contributed by atoms with E-state index in [-0.39, 0.29) is 11.5 Å². The van der Waals surface area contributed by atoms with Gasteiger partial charge in [-0.1, -0.05) is 36.4 Å². The van der Waals surface area contributed by atoms with Gasteiger partial charge in [-0.05, 0) is 36.6 Å². The van der Waals surface area contributed by atoms with E-state index >= 15 is 0 Å². The zero-order valence-corrected chi connectivity index (χ0v) is 13.5. The third kappa shape index (κ3) is 3.22. The highest BCUT2D eigenvalue weighted by molar-refractivity contribution is 7.90. The van der Waals surface area contributed by atoms with Crippen molar-refractivity contribution < 1.29 is 17.9 Å². The van der Waals surface area contributed by atoms with Crippen molar-refractivity contribution in [3.05, 3.63) is 59.7 Å². The zero-order chi connectivity index (χ0) is 16.4. The number of hydrogen-bond donors (Lipinski definition) is 1. The molecule has 0 fully saturated rings. The van der Waals surface area contributed by atoms with Crippen molar-refractivity contribution in [2.45, 2.75) is 18.2 Å². The van der Waals surface area contributed by atoms with E-state index in [2.05, 4.69) is 4.72 Å². The Kier molecular flexibility index (Phi) is 4.09. The molecule has 0 aromatic heterocycles. The first-order chi connectivity index (χ1) is 11.0. The number of carbonyl (C=O) groups excluding carboxylic acids is 1. The van der Waals surface area contributed by atoms with Crippen LogP contribution in [0.25, 0.3) is 0 Å². The molecule has 2 aromatic carbocycles. The first kappa shape index (κ1) is 15.6. The lowest BCUT2D eigenvalue weighted by atomic mass is 9.96. The Morgan fingerprint density at radius 2 is 1.83 bits per heavy atom. The second-order valence-corrected chi connectivity index (χ2v) is 7.21. The van der Waals surface area contributed by atoms with Crippen molar-refractivity contribution >= 4 is 15.9 Å². The predicted molar refractivity (Wildman–Crippen MR) is 85.6 cm³/mol. The number of hydrogen-bond acceptors (Lipinski definition) is 4. The van der Waals surface area contributed by atoms with Crippen molar-refractivity contribution in [3.8, 4) is 5.75 Å². The Morgan fingerprint density at radius 3 is 2.61 bits per heavy atom. The van der Waals surface area contributed by atoms with Crippen molar-refractivity contribution in [1.82, 2.24) is 4.72 Å². The molecule has 5 nitrogen and oxygen atoms in total. The summed E-state index contributed by atoms with van der Waals surface area (Å²) in [6.45, 7) is 1.87. The van der Waals surface area contributed by atoms with E-state index < -0.39 is 21.8 Å². The van der Waals surface area contributed by atoms with Gasteiger partial charge in [-0.15, -0.1) is 0 Å². The molecule has 3 rings (SSSR count). The van der Waals surface area contributed by atoms with Crippen LogP contribution in [0.1, 0.15) is 11.1 Å². The molecule has 2 aromatic rings. The lowest BCUT2D eigenvalue weighted by Gasteiger charge is -2.24. The standard InChI is InChI=1S/C17H17NO4S/c1-12-6-2-5-9-16(12)23(20,21)18-17(19)14-10-13-7-3-4-8-15(13)22-11-14/h2-9,14H,10-11H2,1H3,(H,18,19). The van der Waals surface area contributed by atoms with Crippen LogP contribution in [-0.2, 0) is 21.2 Å². The quantitative estimate of drug-likeness (QED) is 0.934. The fourth-order valence-corrected chi connectivity index (χ4v) is 3.92. The fraction of sp³-hybridized carbons (Fsp3) is 0.235. The minimum Gasteiger partial charge on any atom is -0.492 e. The second-order valence-electron chi connectivity index (χ2n) is 5.56. The molecule has 1 N–H and O–H groups in total. The third-order valence-corrected chi connectivity index (χ3v) is 5.37. The summed E-state index contributed by atoms with van der Waals surface area (Å²) in [7, 11) is -3.87. The Balaban J connectivity index is 1.77. The molecule has 1 heterocycles. The van der Waals surface area contributed by atoms with E-state index in [4.69, 9.17) is 4.74 Å². The number of aryl methyl sites for hydroxylation is 1. The lowest BCUT2D eigenvalue weighted by Crippen LogP contribution is -2.40. The molecule has 0 aliphatic carbocycles. The van der Waals surface area contributed by atoms with Gasteiger partial charge in [0.2, 0.25) is 5.91 Å². The van der Waals surface area contributed by atoms with E-state index in [0.717, 1.165) is 11.3 Å². The van der Waals surface area contributed by atoms with E-state index in [1.165, 1.54) is 6.07 Å². The molecule has 1 aliphatic rings. The minimum absolute atomic E-state index is 0.116. The molecule has 1 unspecified atom stereocenters. The maximum Gasteiger partial charge on any atom is 0.264 e. The first-order valence-electron chi connectivity index (χ1n) is 7.30. The molecule has 120 valence electrons. The lowest BCUT2D eigenvalue weighted by molar-refractivity contribution is -0.124. The molecule has 0 saturated carbocycles. The normalized spacial score (nSPS) is 17.0. The van der Waals surface area contributed by atoms with Crippen LogP contribution in [0.4, 0.5) is 0 Å². The molecule has 1 amide bonds. The summed E-state index contributed by atoms with van der Waals surface area (Å²) < 4.78 is 32.5. The van der Waals surface area contributed by atoms with E-state index in [0.29, 0.717) is 12.0 Å². The molecule has 0 spiro atoms. The highest BCUT2D eigenvalue weighted by Crippen LogP contribution is 2.27. The van der Waals surface area contributed by atoms with Crippen molar-refractivity contribution in [2.75, 3.05) is 6.61 Å². The summed E-state index contributed by atoms with van der Waals surface area (Å²) in [5, 5.41) is 0.